The molecule has 1 unspecified atom stereocenters. The zero-order chi connectivity index (χ0) is 19.2. The molecule has 1 atom stereocenters. The van der Waals surface area contributed by atoms with E-state index in [1.54, 1.807) is 23.1 Å². The summed E-state index contributed by atoms with van der Waals surface area (Å²) in [6.45, 7) is 4.16. The number of rotatable bonds is 5. The summed E-state index contributed by atoms with van der Waals surface area (Å²) in [5.74, 6) is -0.235. The molecule has 2 aromatic carbocycles. The Balaban J connectivity index is 1.64. The minimum absolute atomic E-state index is 0.0310. The van der Waals surface area contributed by atoms with Crippen LogP contribution >= 0.6 is 0 Å². The summed E-state index contributed by atoms with van der Waals surface area (Å²) in [5.41, 5.74) is 0.928. The number of nitrogens with one attached hydrogen (secondary N) is 2. The topological polar surface area (TPSA) is 59.9 Å². The second-order valence-corrected chi connectivity index (χ2v) is 6.51. The quantitative estimate of drug-likeness (QED) is 0.556. The van der Waals surface area contributed by atoms with Crippen molar-refractivity contribution >= 4 is 11.6 Å². The number of phenols is 1. The second kappa shape index (κ2) is 8.70. The first-order valence-corrected chi connectivity index (χ1v) is 9.08. The van der Waals surface area contributed by atoms with Gasteiger partial charge in [0, 0.05) is 25.7 Å². The van der Waals surface area contributed by atoms with Crippen molar-refractivity contribution < 1.29 is 13.9 Å². The molecule has 0 aliphatic carbocycles. The third-order valence-electron chi connectivity index (χ3n) is 4.46. The third kappa shape index (κ3) is 4.87. The van der Waals surface area contributed by atoms with Gasteiger partial charge in [0.05, 0.1) is 6.54 Å². The fourth-order valence-corrected chi connectivity index (χ4v) is 3.21. The highest BCUT2D eigenvalue weighted by molar-refractivity contribution is 5.80. The average molecular weight is 374 g/mol. The van der Waals surface area contributed by atoms with E-state index in [9.17, 15) is 13.9 Å². The Hall–Kier alpha value is -2.83. The normalized spacial score (nSPS) is 17.2. The Bertz CT molecular complexity index is 792. The van der Waals surface area contributed by atoms with E-state index in [2.05, 4.69) is 15.6 Å². The van der Waals surface area contributed by atoms with Crippen LogP contribution in [0.15, 0.2) is 47.5 Å². The van der Waals surface area contributed by atoms with Gasteiger partial charge in [-0.05, 0) is 43.2 Å². The molecule has 0 radical (unpaired) electrons. The van der Waals surface area contributed by atoms with Gasteiger partial charge in [0.1, 0.15) is 23.1 Å². The first-order valence-electron chi connectivity index (χ1n) is 9.08. The molecule has 144 valence electrons. The number of hydrogen-bond acceptors (Lipinski definition) is 3. The number of phenolic OH excluding ortho intramolecular Hbond substituents is 1. The Morgan fingerprint density at radius 2 is 1.96 bits per heavy atom. The maximum Gasteiger partial charge on any atom is 0.191 e. The molecule has 2 aromatic rings. The lowest BCUT2D eigenvalue weighted by Crippen LogP contribution is -2.44. The van der Waals surface area contributed by atoms with E-state index >= 15 is 0 Å². The molecule has 0 spiro atoms. The highest BCUT2D eigenvalue weighted by Crippen LogP contribution is 2.26. The van der Waals surface area contributed by atoms with Gasteiger partial charge in [0.25, 0.3) is 0 Å². The third-order valence-corrected chi connectivity index (χ3v) is 4.46. The first kappa shape index (κ1) is 18.9. The molecule has 1 aliphatic rings. The number of nitrogens with zero attached hydrogens (tertiary/aromatic N) is 2. The second-order valence-electron chi connectivity index (χ2n) is 6.51. The van der Waals surface area contributed by atoms with Crippen LogP contribution in [0, 0.1) is 11.6 Å². The summed E-state index contributed by atoms with van der Waals surface area (Å²) < 4.78 is 28.0. The van der Waals surface area contributed by atoms with Crippen LogP contribution in [0.2, 0.25) is 0 Å². The van der Waals surface area contributed by atoms with Gasteiger partial charge in [-0.1, -0.05) is 18.2 Å². The van der Waals surface area contributed by atoms with Gasteiger partial charge in [-0.2, -0.15) is 0 Å². The Morgan fingerprint density at radius 3 is 2.67 bits per heavy atom. The van der Waals surface area contributed by atoms with Crippen molar-refractivity contribution in [2.24, 2.45) is 4.99 Å². The molecule has 0 aromatic heterocycles. The molecular weight excluding hydrogens is 350 g/mol. The molecule has 0 amide bonds. The van der Waals surface area contributed by atoms with E-state index in [0.717, 1.165) is 12.0 Å². The summed E-state index contributed by atoms with van der Waals surface area (Å²) in [7, 11) is 0. The van der Waals surface area contributed by atoms with Crippen LogP contribution < -0.4 is 15.5 Å². The maximum atomic E-state index is 14.0. The molecule has 3 rings (SSSR count). The van der Waals surface area contributed by atoms with Crippen molar-refractivity contribution in [1.29, 1.82) is 0 Å². The van der Waals surface area contributed by atoms with Crippen LogP contribution in [-0.4, -0.2) is 36.7 Å². The number of benzene rings is 2. The maximum absolute atomic E-state index is 14.0. The minimum Gasteiger partial charge on any atom is -0.508 e. The van der Waals surface area contributed by atoms with Crippen LogP contribution in [0.25, 0.3) is 0 Å². The fraction of sp³-hybridized carbons (Fsp3) is 0.350. The van der Waals surface area contributed by atoms with Crippen molar-refractivity contribution in [3.05, 3.63) is 59.7 Å². The highest BCUT2D eigenvalue weighted by Gasteiger charge is 2.27. The molecule has 0 saturated carbocycles. The summed E-state index contributed by atoms with van der Waals surface area (Å²) in [4.78, 5) is 6.26. The lowest BCUT2D eigenvalue weighted by atomic mass is 10.2. The van der Waals surface area contributed by atoms with Crippen LogP contribution in [-0.2, 0) is 6.54 Å². The molecule has 1 aliphatic heterocycles. The molecule has 1 fully saturated rings. The van der Waals surface area contributed by atoms with Gasteiger partial charge in [-0.25, -0.2) is 13.8 Å². The largest absolute Gasteiger partial charge is 0.508 e. The van der Waals surface area contributed by atoms with Crippen molar-refractivity contribution in [2.75, 3.05) is 24.5 Å². The predicted molar refractivity (Wildman–Crippen MR) is 103 cm³/mol. The summed E-state index contributed by atoms with van der Waals surface area (Å²) in [6, 6.07) is 10.9. The highest BCUT2D eigenvalue weighted by atomic mass is 19.1. The zero-order valence-corrected chi connectivity index (χ0v) is 15.3. The van der Waals surface area contributed by atoms with Gasteiger partial charge in [-0.3, -0.25) is 0 Å². The van der Waals surface area contributed by atoms with E-state index in [1.807, 2.05) is 13.0 Å². The molecule has 27 heavy (non-hydrogen) atoms. The van der Waals surface area contributed by atoms with Crippen LogP contribution in [0.1, 0.15) is 18.9 Å². The number of aliphatic imine (C=N–C) groups is 1. The fourth-order valence-electron chi connectivity index (χ4n) is 3.21. The Morgan fingerprint density at radius 1 is 1.22 bits per heavy atom. The molecule has 3 N–H and O–H groups in total. The summed E-state index contributed by atoms with van der Waals surface area (Å²) in [5, 5.41) is 16.1. The summed E-state index contributed by atoms with van der Waals surface area (Å²) >= 11 is 0. The van der Waals surface area contributed by atoms with Crippen LogP contribution in [0.5, 0.6) is 5.75 Å². The van der Waals surface area contributed by atoms with Crippen molar-refractivity contribution in [3.8, 4) is 5.75 Å². The van der Waals surface area contributed by atoms with E-state index in [1.165, 1.54) is 18.2 Å². The van der Waals surface area contributed by atoms with E-state index in [-0.39, 0.29) is 17.5 Å². The number of hydrogen-bond donors (Lipinski definition) is 3. The van der Waals surface area contributed by atoms with Gasteiger partial charge >= 0.3 is 0 Å². The number of anilines is 1. The predicted octanol–water partition coefficient (Wildman–Crippen LogP) is 3.00. The molecule has 0 bridgehead atoms. The molecule has 1 saturated heterocycles. The summed E-state index contributed by atoms with van der Waals surface area (Å²) in [6.07, 6.45) is 0.754. The van der Waals surface area contributed by atoms with Gasteiger partial charge in [0.2, 0.25) is 0 Å². The van der Waals surface area contributed by atoms with Gasteiger partial charge in [-0.15, -0.1) is 0 Å². The van der Waals surface area contributed by atoms with Crippen molar-refractivity contribution in [1.82, 2.24) is 10.6 Å². The number of guanidine groups is 1. The van der Waals surface area contributed by atoms with Gasteiger partial charge < -0.3 is 20.6 Å². The average Bonchev–Trinajstić information content (AvgIpc) is 3.08. The number of aromatic hydroxyl groups is 1. The van der Waals surface area contributed by atoms with Crippen LogP contribution in [0.3, 0.4) is 0 Å². The minimum atomic E-state index is -0.542. The standard InChI is InChI=1S/C20H24F2N4O/c1-2-23-20(24-12-14-5-3-6-16(27)11-14)25-15-9-10-26(13-15)19-17(21)7-4-8-18(19)22/h3-8,11,15,27H,2,9-10,12-13H2,1H3,(H2,23,24,25). The lowest BCUT2D eigenvalue weighted by Gasteiger charge is -2.21. The van der Waals surface area contributed by atoms with Gasteiger partial charge in [0.15, 0.2) is 5.96 Å². The molecular formula is C20H24F2N4O. The molecule has 1 heterocycles. The van der Waals surface area contributed by atoms with Crippen molar-refractivity contribution in [3.63, 3.8) is 0 Å². The van der Waals surface area contributed by atoms with Crippen LogP contribution in [0.4, 0.5) is 14.5 Å². The zero-order valence-electron chi connectivity index (χ0n) is 15.3. The first-order chi connectivity index (χ1) is 13.1. The monoisotopic (exact) mass is 374 g/mol. The van der Waals surface area contributed by atoms with E-state index in [4.69, 9.17) is 0 Å². The lowest BCUT2D eigenvalue weighted by molar-refractivity contribution is 0.474. The number of para-hydroxylation sites is 1. The SMILES string of the molecule is CCNC(=NCc1cccc(O)c1)NC1CCN(c2c(F)cccc2F)C1. The molecule has 7 heteroatoms. The van der Waals surface area contributed by atoms with Crippen molar-refractivity contribution in [2.45, 2.75) is 25.9 Å². The Kier molecular flexibility index (Phi) is 6.11. The van der Waals surface area contributed by atoms with E-state index in [0.29, 0.717) is 32.1 Å². The Labute approximate surface area is 157 Å². The molecule has 5 nitrogen and oxygen atoms in total. The smallest absolute Gasteiger partial charge is 0.191 e. The number of halogens is 2. The van der Waals surface area contributed by atoms with E-state index < -0.39 is 11.6 Å².